The van der Waals surface area contributed by atoms with Crippen LogP contribution in [0, 0.1) is 11.3 Å². The summed E-state index contributed by atoms with van der Waals surface area (Å²) in [5.74, 6) is 0.229. The van der Waals surface area contributed by atoms with E-state index in [2.05, 4.69) is 15.9 Å². The summed E-state index contributed by atoms with van der Waals surface area (Å²) in [6.07, 6.45) is 0. The summed E-state index contributed by atoms with van der Waals surface area (Å²) in [5, 5.41) is 10.6. The molecule has 1 aromatic heterocycles. The highest BCUT2D eigenvalue weighted by atomic mass is 79.9. The summed E-state index contributed by atoms with van der Waals surface area (Å²) in [6, 6.07) is 7.96. The zero-order valence-electron chi connectivity index (χ0n) is 10.9. The van der Waals surface area contributed by atoms with Gasteiger partial charge in [-0.2, -0.15) is 13.7 Å². The molecule has 0 aliphatic rings. The van der Waals surface area contributed by atoms with Crippen LogP contribution in [0.1, 0.15) is 12.5 Å². The van der Waals surface area contributed by atoms with Crippen molar-refractivity contribution >= 4 is 37.4 Å². The minimum atomic E-state index is -3.93. The van der Waals surface area contributed by atoms with Crippen molar-refractivity contribution in [2.45, 2.75) is 11.1 Å². The van der Waals surface area contributed by atoms with Gasteiger partial charge in [-0.15, -0.1) is 11.3 Å². The minimum Gasteiger partial charge on any atom is -0.490 e. The summed E-state index contributed by atoms with van der Waals surface area (Å²) in [6.45, 7) is 2.07. The quantitative estimate of drug-likeness (QED) is 0.733. The fourth-order valence-electron chi connectivity index (χ4n) is 1.53. The lowest BCUT2D eigenvalue weighted by Gasteiger charge is -2.13. The third-order valence-electron chi connectivity index (χ3n) is 2.37. The van der Waals surface area contributed by atoms with Gasteiger partial charge in [0.2, 0.25) is 0 Å². The molecule has 2 rings (SSSR count). The fraction of sp³-hybridized carbons (Fsp3) is 0.154. The number of hydrogen-bond acceptors (Lipinski definition) is 6. The lowest BCUT2D eigenvalue weighted by atomic mass is 10.2. The van der Waals surface area contributed by atoms with Crippen LogP contribution >= 0.6 is 27.3 Å². The Morgan fingerprint density at radius 2 is 2.19 bits per heavy atom. The van der Waals surface area contributed by atoms with Gasteiger partial charge < -0.3 is 8.92 Å². The Balaban J connectivity index is 2.47. The zero-order chi connectivity index (χ0) is 15.5. The lowest BCUT2D eigenvalue weighted by molar-refractivity contribution is 0.327. The van der Waals surface area contributed by atoms with Gasteiger partial charge in [-0.05, 0) is 40.4 Å². The van der Waals surface area contributed by atoms with E-state index in [1.54, 1.807) is 18.4 Å². The smallest absolute Gasteiger partial charge is 0.348 e. The molecule has 0 spiro atoms. The average molecular weight is 388 g/mol. The van der Waals surface area contributed by atoms with Gasteiger partial charge in [0.1, 0.15) is 0 Å². The third kappa shape index (κ3) is 3.56. The van der Waals surface area contributed by atoms with E-state index in [0.29, 0.717) is 16.6 Å². The number of rotatable bonds is 5. The molecular formula is C13H10BrNO4S2. The van der Waals surface area contributed by atoms with Crippen molar-refractivity contribution < 1.29 is 17.3 Å². The maximum absolute atomic E-state index is 12.2. The van der Waals surface area contributed by atoms with Crippen molar-refractivity contribution in [3.8, 4) is 17.6 Å². The number of nitrogens with zero attached hydrogens (tertiary/aromatic N) is 1. The predicted octanol–water partition coefficient (Wildman–Crippen LogP) is 3.55. The van der Waals surface area contributed by atoms with Crippen LogP contribution in [0.15, 0.2) is 38.3 Å². The van der Waals surface area contributed by atoms with Crippen LogP contribution in [0.5, 0.6) is 11.5 Å². The van der Waals surface area contributed by atoms with Crippen LogP contribution in [-0.4, -0.2) is 15.0 Å². The summed E-state index contributed by atoms with van der Waals surface area (Å²) >= 11 is 4.27. The van der Waals surface area contributed by atoms with Crippen LogP contribution in [0.3, 0.4) is 0 Å². The molecule has 0 aliphatic carbocycles. The van der Waals surface area contributed by atoms with Gasteiger partial charge in [0.25, 0.3) is 0 Å². The van der Waals surface area contributed by atoms with Crippen LogP contribution in [-0.2, 0) is 10.1 Å². The molecular weight excluding hydrogens is 378 g/mol. The van der Waals surface area contributed by atoms with Gasteiger partial charge in [-0.25, -0.2) is 0 Å². The van der Waals surface area contributed by atoms with E-state index in [4.69, 9.17) is 14.2 Å². The Kier molecular flexibility index (Phi) is 4.88. The van der Waals surface area contributed by atoms with Crippen molar-refractivity contribution in [3.63, 3.8) is 0 Å². The molecule has 1 aromatic carbocycles. The number of hydrogen-bond donors (Lipinski definition) is 0. The van der Waals surface area contributed by atoms with E-state index in [0.717, 1.165) is 11.3 Å². The molecule has 8 heteroatoms. The molecule has 21 heavy (non-hydrogen) atoms. The average Bonchev–Trinajstić information content (AvgIpc) is 2.97. The van der Waals surface area contributed by atoms with Crippen molar-refractivity contribution in [2.75, 3.05) is 6.61 Å². The maximum Gasteiger partial charge on any atom is 0.348 e. The summed E-state index contributed by atoms with van der Waals surface area (Å²) in [5.41, 5.74) is 0.339. The van der Waals surface area contributed by atoms with Gasteiger partial charge in [-0.1, -0.05) is 6.07 Å². The van der Waals surface area contributed by atoms with E-state index in [9.17, 15) is 8.42 Å². The Morgan fingerprint density at radius 1 is 1.43 bits per heavy atom. The standard InChI is InChI=1S/C13H10BrNO4S2/c1-2-18-11-7-9(8-15)6-10(14)13(11)19-21(16,17)12-4-3-5-20-12/h3-7H,2H2,1H3. The number of halogens is 1. The van der Waals surface area contributed by atoms with Crippen LogP contribution < -0.4 is 8.92 Å². The number of ether oxygens (including phenoxy) is 1. The first-order chi connectivity index (χ1) is 9.97. The largest absolute Gasteiger partial charge is 0.490 e. The van der Waals surface area contributed by atoms with Crippen LogP contribution in [0.4, 0.5) is 0 Å². The zero-order valence-corrected chi connectivity index (χ0v) is 14.1. The first kappa shape index (κ1) is 15.8. The molecule has 0 radical (unpaired) electrons. The molecule has 0 amide bonds. The van der Waals surface area contributed by atoms with Gasteiger partial charge >= 0.3 is 10.1 Å². The second-order valence-corrected chi connectivity index (χ2v) is 7.37. The first-order valence-corrected chi connectivity index (χ1v) is 8.90. The molecule has 2 aromatic rings. The number of thiophene rings is 1. The van der Waals surface area contributed by atoms with Gasteiger partial charge in [0.15, 0.2) is 15.7 Å². The second kappa shape index (κ2) is 6.47. The van der Waals surface area contributed by atoms with Gasteiger partial charge in [0.05, 0.1) is 22.7 Å². The van der Waals surface area contributed by atoms with Crippen LogP contribution in [0.2, 0.25) is 0 Å². The topological polar surface area (TPSA) is 76.4 Å². The van der Waals surface area contributed by atoms with Crippen molar-refractivity contribution in [1.82, 2.24) is 0 Å². The molecule has 0 aliphatic heterocycles. The highest BCUT2D eigenvalue weighted by Crippen LogP contribution is 2.38. The molecule has 0 bridgehead atoms. The normalized spacial score (nSPS) is 10.9. The molecule has 0 unspecified atom stereocenters. The van der Waals surface area contributed by atoms with Gasteiger partial charge in [-0.3, -0.25) is 0 Å². The van der Waals surface area contributed by atoms with E-state index in [1.807, 2.05) is 6.07 Å². The Morgan fingerprint density at radius 3 is 2.76 bits per heavy atom. The number of nitriles is 1. The van der Waals surface area contributed by atoms with Crippen molar-refractivity contribution in [3.05, 3.63) is 39.7 Å². The van der Waals surface area contributed by atoms with Gasteiger partial charge in [0, 0.05) is 6.07 Å². The highest BCUT2D eigenvalue weighted by molar-refractivity contribution is 9.10. The maximum atomic E-state index is 12.2. The molecule has 0 fully saturated rings. The van der Waals surface area contributed by atoms with E-state index >= 15 is 0 Å². The Hall–Kier alpha value is -1.56. The van der Waals surface area contributed by atoms with Crippen molar-refractivity contribution in [2.24, 2.45) is 0 Å². The molecule has 0 saturated carbocycles. The summed E-state index contributed by atoms with van der Waals surface area (Å²) < 4.78 is 35.3. The predicted molar refractivity (Wildman–Crippen MR) is 82.2 cm³/mol. The monoisotopic (exact) mass is 387 g/mol. The van der Waals surface area contributed by atoms with E-state index < -0.39 is 10.1 Å². The first-order valence-electron chi connectivity index (χ1n) is 5.82. The SMILES string of the molecule is CCOc1cc(C#N)cc(Br)c1OS(=O)(=O)c1cccs1. The fourth-order valence-corrected chi connectivity index (χ4v) is 4.07. The molecule has 110 valence electrons. The molecule has 0 saturated heterocycles. The second-order valence-electron chi connectivity index (χ2n) is 3.80. The molecule has 5 nitrogen and oxygen atoms in total. The van der Waals surface area contributed by atoms with Crippen molar-refractivity contribution in [1.29, 1.82) is 5.26 Å². The molecule has 0 atom stereocenters. The Labute approximate surface area is 135 Å². The minimum absolute atomic E-state index is 0.0317. The Bertz CT molecular complexity index is 779. The van der Waals surface area contributed by atoms with E-state index in [-0.39, 0.29) is 15.7 Å². The lowest BCUT2D eigenvalue weighted by Crippen LogP contribution is -2.10. The van der Waals surface area contributed by atoms with E-state index in [1.165, 1.54) is 18.2 Å². The number of benzene rings is 1. The molecule has 1 heterocycles. The summed E-state index contributed by atoms with van der Waals surface area (Å²) in [7, 11) is -3.93. The third-order valence-corrected chi connectivity index (χ3v) is 5.54. The highest BCUT2D eigenvalue weighted by Gasteiger charge is 2.23. The molecule has 0 N–H and O–H groups in total. The summed E-state index contributed by atoms with van der Waals surface area (Å²) in [4.78, 5) is 0. The van der Waals surface area contributed by atoms with Crippen LogP contribution in [0.25, 0.3) is 0 Å².